The fourth-order valence-electron chi connectivity index (χ4n) is 3.22. The molecule has 0 saturated carbocycles. The van der Waals surface area contributed by atoms with Gasteiger partial charge in [0.1, 0.15) is 34.0 Å². The van der Waals surface area contributed by atoms with Crippen LogP contribution in [0.2, 0.25) is 5.15 Å². The average molecular weight is 436 g/mol. The van der Waals surface area contributed by atoms with Gasteiger partial charge in [0.2, 0.25) is 0 Å². The van der Waals surface area contributed by atoms with Gasteiger partial charge in [-0.1, -0.05) is 16.8 Å². The van der Waals surface area contributed by atoms with Crippen molar-refractivity contribution >= 4 is 45.2 Å². The van der Waals surface area contributed by atoms with Crippen molar-refractivity contribution in [2.45, 2.75) is 6.92 Å². The van der Waals surface area contributed by atoms with Crippen LogP contribution in [0.15, 0.2) is 48.8 Å². The van der Waals surface area contributed by atoms with Crippen LogP contribution in [0, 0.1) is 12.7 Å². The van der Waals surface area contributed by atoms with Gasteiger partial charge in [-0.15, -0.1) is 5.10 Å². The molecule has 0 fully saturated rings. The number of aromatic nitrogens is 6. The lowest BCUT2D eigenvalue weighted by Crippen LogP contribution is -2.01. The van der Waals surface area contributed by atoms with E-state index in [0.29, 0.717) is 44.6 Å². The maximum atomic E-state index is 15.1. The highest BCUT2D eigenvalue weighted by atomic mass is 35.5. The van der Waals surface area contributed by atoms with E-state index in [1.165, 1.54) is 6.33 Å². The molecule has 3 aromatic heterocycles. The van der Waals surface area contributed by atoms with Crippen LogP contribution in [-0.2, 0) is 7.05 Å². The van der Waals surface area contributed by atoms with Crippen molar-refractivity contribution in [3.8, 4) is 11.5 Å². The predicted molar refractivity (Wildman–Crippen MR) is 115 cm³/mol. The summed E-state index contributed by atoms with van der Waals surface area (Å²) in [5.74, 6) is 0.816. The molecule has 0 radical (unpaired) electrons. The first-order chi connectivity index (χ1) is 15.0. The Labute approximate surface area is 180 Å². The van der Waals surface area contributed by atoms with Crippen LogP contribution in [0.1, 0.15) is 5.56 Å². The van der Waals surface area contributed by atoms with E-state index in [9.17, 15) is 0 Å². The van der Waals surface area contributed by atoms with Crippen LogP contribution < -0.4 is 10.1 Å². The number of nitrogens with one attached hydrogen (secondary N) is 1. The van der Waals surface area contributed by atoms with E-state index >= 15 is 4.39 Å². The van der Waals surface area contributed by atoms with E-state index in [1.807, 2.05) is 13.1 Å². The first-order valence-electron chi connectivity index (χ1n) is 9.30. The summed E-state index contributed by atoms with van der Waals surface area (Å²) < 4.78 is 22.7. The number of anilines is 2. The molecule has 0 aliphatic heterocycles. The van der Waals surface area contributed by atoms with E-state index in [1.54, 1.807) is 48.0 Å². The van der Waals surface area contributed by atoms with Gasteiger partial charge in [-0.2, -0.15) is 0 Å². The second-order valence-corrected chi connectivity index (χ2v) is 7.25. The summed E-state index contributed by atoms with van der Waals surface area (Å²) in [4.78, 5) is 12.6. The number of ether oxygens (including phenoxy) is 1. The van der Waals surface area contributed by atoms with Gasteiger partial charge in [-0.25, -0.2) is 24.0 Å². The van der Waals surface area contributed by atoms with Crippen molar-refractivity contribution in [2.75, 3.05) is 5.32 Å². The number of pyridine rings is 1. The van der Waals surface area contributed by atoms with Gasteiger partial charge in [0.05, 0.1) is 16.7 Å². The lowest BCUT2D eigenvalue weighted by molar-refractivity contribution is 0.472. The minimum Gasteiger partial charge on any atom is -0.457 e. The molecule has 0 spiro atoms. The number of aryl methyl sites for hydroxylation is 1. The Morgan fingerprint density at radius 2 is 1.94 bits per heavy atom. The summed E-state index contributed by atoms with van der Waals surface area (Å²) in [6, 6.07) is 12.0. The Balaban J connectivity index is 1.46. The van der Waals surface area contributed by atoms with E-state index < -0.39 is 5.82 Å². The van der Waals surface area contributed by atoms with Crippen molar-refractivity contribution in [1.29, 1.82) is 0 Å². The normalized spacial score (nSPS) is 11.2. The third-order valence-corrected chi connectivity index (χ3v) is 5.06. The lowest BCUT2D eigenvalue weighted by atomic mass is 10.1. The van der Waals surface area contributed by atoms with Crippen molar-refractivity contribution < 1.29 is 9.13 Å². The summed E-state index contributed by atoms with van der Waals surface area (Å²) in [6.45, 7) is 1.64. The number of benzene rings is 2. The first-order valence-corrected chi connectivity index (χ1v) is 9.68. The molecule has 0 unspecified atom stereocenters. The second-order valence-electron chi connectivity index (χ2n) is 6.86. The van der Waals surface area contributed by atoms with Crippen LogP contribution in [0.3, 0.4) is 0 Å². The average Bonchev–Trinajstić information content (AvgIpc) is 3.14. The Kier molecular flexibility index (Phi) is 4.59. The summed E-state index contributed by atoms with van der Waals surface area (Å²) in [5, 5.41) is 11.3. The molecule has 8 nitrogen and oxygen atoms in total. The molecule has 0 aliphatic carbocycles. The van der Waals surface area contributed by atoms with E-state index in [0.717, 1.165) is 5.52 Å². The van der Waals surface area contributed by atoms with Crippen LogP contribution in [0.25, 0.3) is 22.1 Å². The number of nitrogens with zero attached hydrogens (tertiary/aromatic N) is 6. The Morgan fingerprint density at radius 3 is 2.81 bits per heavy atom. The molecule has 31 heavy (non-hydrogen) atoms. The zero-order valence-electron chi connectivity index (χ0n) is 16.5. The SMILES string of the molecule is Cc1c(Oc2ccc3c(c2)nnn3C)ccc(Nc2ncnc3ccc(Cl)nc23)c1F. The van der Waals surface area contributed by atoms with Gasteiger partial charge in [0, 0.05) is 18.7 Å². The van der Waals surface area contributed by atoms with Gasteiger partial charge in [0.15, 0.2) is 11.6 Å². The molecule has 0 bridgehead atoms. The van der Waals surface area contributed by atoms with Gasteiger partial charge in [-0.05, 0) is 43.3 Å². The van der Waals surface area contributed by atoms with Gasteiger partial charge >= 0.3 is 0 Å². The quantitative estimate of drug-likeness (QED) is 0.399. The van der Waals surface area contributed by atoms with Crippen molar-refractivity contribution in [1.82, 2.24) is 29.9 Å². The first kappa shape index (κ1) is 19.1. The maximum absolute atomic E-state index is 15.1. The van der Waals surface area contributed by atoms with E-state index in [2.05, 4.69) is 30.6 Å². The molecule has 0 amide bonds. The minimum atomic E-state index is -0.466. The summed E-state index contributed by atoms with van der Waals surface area (Å²) in [6.07, 6.45) is 1.38. The lowest BCUT2D eigenvalue weighted by Gasteiger charge is -2.14. The molecule has 0 saturated heterocycles. The van der Waals surface area contributed by atoms with Gasteiger partial charge < -0.3 is 10.1 Å². The monoisotopic (exact) mass is 435 g/mol. The van der Waals surface area contributed by atoms with E-state index in [-0.39, 0.29) is 5.69 Å². The molecule has 10 heteroatoms. The smallest absolute Gasteiger partial charge is 0.160 e. The molecule has 5 rings (SSSR count). The Morgan fingerprint density at radius 1 is 1.06 bits per heavy atom. The topological polar surface area (TPSA) is 90.6 Å². The van der Waals surface area contributed by atoms with Crippen molar-refractivity contribution in [2.24, 2.45) is 7.05 Å². The molecule has 2 aromatic carbocycles. The summed E-state index contributed by atoms with van der Waals surface area (Å²) >= 11 is 5.99. The van der Waals surface area contributed by atoms with Crippen molar-refractivity contribution in [3.05, 3.63) is 65.3 Å². The highest BCUT2D eigenvalue weighted by Gasteiger charge is 2.15. The van der Waals surface area contributed by atoms with Crippen molar-refractivity contribution in [3.63, 3.8) is 0 Å². The standard InChI is InChI=1S/C21H15ClFN7O/c1-11-17(31-12-3-6-16-15(9-12)28-29-30(16)2)7-4-13(19(11)23)26-21-20-14(24-10-25-21)5-8-18(22)27-20/h3-10H,1-2H3,(H,24,25,26). The highest BCUT2D eigenvalue weighted by Crippen LogP contribution is 2.33. The molecule has 0 atom stereocenters. The zero-order chi connectivity index (χ0) is 21.5. The minimum absolute atomic E-state index is 0.232. The highest BCUT2D eigenvalue weighted by molar-refractivity contribution is 6.29. The van der Waals surface area contributed by atoms with Crippen LogP contribution in [-0.4, -0.2) is 29.9 Å². The number of hydrogen-bond acceptors (Lipinski definition) is 7. The third kappa shape index (κ3) is 3.49. The molecule has 0 aliphatic rings. The van der Waals surface area contributed by atoms with E-state index in [4.69, 9.17) is 16.3 Å². The number of rotatable bonds is 4. The molecular weight excluding hydrogens is 421 g/mol. The number of halogens is 2. The molecule has 3 heterocycles. The molecular formula is C21H15ClFN7O. The van der Waals surface area contributed by atoms with Gasteiger partial charge in [-0.3, -0.25) is 0 Å². The largest absolute Gasteiger partial charge is 0.457 e. The van der Waals surface area contributed by atoms with Gasteiger partial charge in [0.25, 0.3) is 0 Å². The summed E-state index contributed by atoms with van der Waals surface area (Å²) in [7, 11) is 1.81. The number of fused-ring (bicyclic) bond motifs is 2. The number of hydrogen-bond donors (Lipinski definition) is 1. The van der Waals surface area contributed by atoms with Crippen LogP contribution in [0.4, 0.5) is 15.9 Å². The van der Waals surface area contributed by atoms with Crippen LogP contribution >= 0.6 is 11.6 Å². The zero-order valence-corrected chi connectivity index (χ0v) is 17.2. The molecule has 1 N–H and O–H groups in total. The Bertz CT molecular complexity index is 1450. The van der Waals surface area contributed by atoms with Crippen LogP contribution in [0.5, 0.6) is 11.5 Å². The second kappa shape index (κ2) is 7.44. The summed E-state index contributed by atoms with van der Waals surface area (Å²) in [5.41, 5.74) is 3.19. The maximum Gasteiger partial charge on any atom is 0.160 e. The Hall–Kier alpha value is -3.85. The third-order valence-electron chi connectivity index (χ3n) is 4.85. The molecule has 154 valence electrons. The fraction of sp³-hybridized carbons (Fsp3) is 0.0952. The predicted octanol–water partition coefficient (Wildman–Crippen LogP) is 4.94. The molecule has 5 aromatic rings. The fourth-order valence-corrected chi connectivity index (χ4v) is 3.37.